The summed E-state index contributed by atoms with van der Waals surface area (Å²) < 4.78 is 4.62. The van der Waals surface area contributed by atoms with Crippen LogP contribution < -0.4 is 0 Å². The number of rotatable bonds is 3. The summed E-state index contributed by atoms with van der Waals surface area (Å²) in [6.07, 6.45) is 3.72. The molecule has 1 nitrogen and oxygen atoms in total. The van der Waals surface area contributed by atoms with Gasteiger partial charge in [0.2, 0.25) is 0 Å². The van der Waals surface area contributed by atoms with Crippen molar-refractivity contribution in [1.82, 2.24) is 0 Å². The molecule has 0 N–H and O–H groups in total. The van der Waals surface area contributed by atoms with Gasteiger partial charge in [-0.3, -0.25) is 0 Å². The van der Waals surface area contributed by atoms with E-state index in [-0.39, 0.29) is 0 Å². The van der Waals surface area contributed by atoms with Crippen LogP contribution in [0, 0.1) is 7.11 Å². The number of ether oxygens (including phenoxy) is 1. The van der Waals surface area contributed by atoms with Crippen LogP contribution in [0.15, 0.2) is 24.3 Å². The fraction of sp³-hybridized carbons (Fsp3) is 0.100. The van der Waals surface area contributed by atoms with Crippen molar-refractivity contribution in [3.8, 4) is 0 Å². The summed E-state index contributed by atoms with van der Waals surface area (Å²) in [6.45, 7) is 0.476. The third-order valence-corrected chi connectivity index (χ3v) is 1.85. The maximum Gasteiger partial charge on any atom is 0.0704 e. The van der Waals surface area contributed by atoms with E-state index in [0.29, 0.717) is 16.7 Å². The molecule has 69 valence electrons. The van der Waals surface area contributed by atoms with E-state index in [1.807, 2.05) is 24.3 Å². The van der Waals surface area contributed by atoms with Gasteiger partial charge >= 0.3 is 0 Å². The Morgan fingerprint density at radius 1 is 1.23 bits per heavy atom. The Hall–Kier alpha value is -0.500. The molecular formula is C10H9Cl2O. The van der Waals surface area contributed by atoms with Crippen molar-refractivity contribution in [3.05, 3.63) is 47.0 Å². The van der Waals surface area contributed by atoms with Gasteiger partial charge in [-0.1, -0.05) is 35.4 Å². The maximum atomic E-state index is 5.80. The third kappa shape index (κ3) is 3.81. The second-order valence-electron chi connectivity index (χ2n) is 2.48. The molecule has 1 rings (SSSR count). The van der Waals surface area contributed by atoms with Crippen LogP contribution in [0.3, 0.4) is 0 Å². The summed E-state index contributed by atoms with van der Waals surface area (Å²) in [4.78, 5) is 0. The van der Waals surface area contributed by atoms with Crippen molar-refractivity contribution in [1.29, 1.82) is 0 Å². The summed E-state index contributed by atoms with van der Waals surface area (Å²) in [6, 6.07) is 5.35. The highest BCUT2D eigenvalue weighted by Gasteiger charge is 1.93. The SMILES string of the molecule is [CH2]OC/C=C/c1cc(Cl)cc(Cl)c1. The van der Waals surface area contributed by atoms with Gasteiger partial charge in [0.1, 0.15) is 0 Å². The Morgan fingerprint density at radius 2 is 1.85 bits per heavy atom. The van der Waals surface area contributed by atoms with Crippen molar-refractivity contribution in [3.63, 3.8) is 0 Å². The van der Waals surface area contributed by atoms with Gasteiger partial charge < -0.3 is 4.74 Å². The number of benzene rings is 1. The van der Waals surface area contributed by atoms with E-state index in [0.717, 1.165) is 5.56 Å². The second-order valence-corrected chi connectivity index (χ2v) is 3.35. The molecule has 0 spiro atoms. The van der Waals surface area contributed by atoms with Crippen molar-refractivity contribution < 1.29 is 4.74 Å². The van der Waals surface area contributed by atoms with Gasteiger partial charge in [-0.15, -0.1) is 0 Å². The van der Waals surface area contributed by atoms with Gasteiger partial charge in [-0.2, -0.15) is 0 Å². The van der Waals surface area contributed by atoms with Crippen LogP contribution in [-0.2, 0) is 4.74 Å². The molecule has 0 bridgehead atoms. The van der Waals surface area contributed by atoms with Crippen molar-refractivity contribution >= 4 is 29.3 Å². The van der Waals surface area contributed by atoms with Crippen LogP contribution in [0.4, 0.5) is 0 Å². The Morgan fingerprint density at radius 3 is 2.38 bits per heavy atom. The molecule has 0 atom stereocenters. The lowest BCUT2D eigenvalue weighted by atomic mass is 10.2. The summed E-state index contributed by atoms with van der Waals surface area (Å²) in [5.41, 5.74) is 0.953. The average molecular weight is 216 g/mol. The van der Waals surface area contributed by atoms with Gasteiger partial charge in [0.05, 0.1) is 13.7 Å². The predicted molar refractivity (Wildman–Crippen MR) is 56.8 cm³/mol. The van der Waals surface area contributed by atoms with E-state index >= 15 is 0 Å². The normalized spacial score (nSPS) is 11.0. The molecule has 0 fully saturated rings. The van der Waals surface area contributed by atoms with E-state index in [9.17, 15) is 0 Å². The molecule has 1 aromatic rings. The standard InChI is InChI=1S/C10H9Cl2O/c1-13-4-2-3-8-5-9(11)7-10(12)6-8/h2-3,5-7H,1,4H2/b3-2+. The van der Waals surface area contributed by atoms with Crippen molar-refractivity contribution in [2.24, 2.45) is 0 Å². The number of hydrogen-bond donors (Lipinski definition) is 0. The fourth-order valence-corrected chi connectivity index (χ4v) is 1.47. The molecule has 0 amide bonds. The summed E-state index contributed by atoms with van der Waals surface area (Å²) in [5.74, 6) is 0. The zero-order chi connectivity index (χ0) is 9.68. The van der Waals surface area contributed by atoms with E-state index in [1.54, 1.807) is 6.07 Å². The van der Waals surface area contributed by atoms with E-state index in [4.69, 9.17) is 23.2 Å². The lowest BCUT2D eigenvalue weighted by molar-refractivity contribution is 0.282. The summed E-state index contributed by atoms with van der Waals surface area (Å²) in [7, 11) is 3.25. The number of hydrogen-bond acceptors (Lipinski definition) is 1. The molecule has 0 aliphatic carbocycles. The molecular weight excluding hydrogens is 207 g/mol. The lowest BCUT2D eigenvalue weighted by Gasteiger charge is -1.96. The first-order valence-electron chi connectivity index (χ1n) is 3.72. The highest BCUT2D eigenvalue weighted by molar-refractivity contribution is 6.34. The lowest BCUT2D eigenvalue weighted by Crippen LogP contribution is -1.78. The van der Waals surface area contributed by atoms with Gasteiger partial charge in [-0.05, 0) is 23.8 Å². The van der Waals surface area contributed by atoms with Crippen LogP contribution in [-0.4, -0.2) is 6.61 Å². The van der Waals surface area contributed by atoms with Gasteiger partial charge in [0.15, 0.2) is 0 Å². The van der Waals surface area contributed by atoms with Gasteiger partial charge in [0, 0.05) is 10.0 Å². The molecule has 3 heteroatoms. The minimum absolute atomic E-state index is 0.476. The zero-order valence-electron chi connectivity index (χ0n) is 6.97. The molecule has 0 aliphatic rings. The first-order chi connectivity index (χ1) is 6.22. The first kappa shape index (κ1) is 10.6. The molecule has 1 radical (unpaired) electrons. The summed E-state index contributed by atoms with van der Waals surface area (Å²) >= 11 is 11.6. The Bertz CT molecular complexity index is 288. The van der Waals surface area contributed by atoms with E-state index in [2.05, 4.69) is 11.8 Å². The van der Waals surface area contributed by atoms with Crippen LogP contribution in [0.5, 0.6) is 0 Å². The highest BCUT2D eigenvalue weighted by atomic mass is 35.5. The molecule has 0 heterocycles. The second kappa shape index (κ2) is 5.28. The van der Waals surface area contributed by atoms with E-state index < -0.39 is 0 Å². The quantitative estimate of drug-likeness (QED) is 0.746. The molecule has 0 saturated carbocycles. The van der Waals surface area contributed by atoms with Crippen LogP contribution in [0.2, 0.25) is 10.0 Å². The molecule has 0 aromatic heterocycles. The highest BCUT2D eigenvalue weighted by Crippen LogP contribution is 2.19. The predicted octanol–water partition coefficient (Wildman–Crippen LogP) is 3.81. The van der Waals surface area contributed by atoms with Gasteiger partial charge in [0.25, 0.3) is 0 Å². The Balaban J connectivity index is 2.77. The molecule has 1 aromatic carbocycles. The van der Waals surface area contributed by atoms with E-state index in [1.165, 1.54) is 0 Å². The zero-order valence-corrected chi connectivity index (χ0v) is 8.48. The molecule has 0 aliphatic heterocycles. The average Bonchev–Trinajstić information content (AvgIpc) is 2.03. The topological polar surface area (TPSA) is 9.23 Å². The van der Waals surface area contributed by atoms with Crippen LogP contribution >= 0.6 is 23.2 Å². The molecule has 0 unspecified atom stereocenters. The van der Waals surface area contributed by atoms with Crippen LogP contribution in [0.1, 0.15) is 5.56 Å². The summed E-state index contributed by atoms with van der Waals surface area (Å²) in [5, 5.41) is 1.25. The Kier molecular flexibility index (Phi) is 4.29. The minimum Gasteiger partial charge on any atom is -0.375 e. The Labute approximate surface area is 87.9 Å². The molecule has 0 saturated heterocycles. The molecule has 13 heavy (non-hydrogen) atoms. The first-order valence-corrected chi connectivity index (χ1v) is 4.47. The third-order valence-electron chi connectivity index (χ3n) is 1.41. The largest absolute Gasteiger partial charge is 0.375 e. The van der Waals surface area contributed by atoms with Crippen molar-refractivity contribution in [2.45, 2.75) is 0 Å². The maximum absolute atomic E-state index is 5.80. The number of halogens is 2. The fourth-order valence-electron chi connectivity index (χ4n) is 0.924. The van der Waals surface area contributed by atoms with Crippen LogP contribution in [0.25, 0.3) is 6.08 Å². The monoisotopic (exact) mass is 215 g/mol. The van der Waals surface area contributed by atoms with Gasteiger partial charge in [-0.25, -0.2) is 0 Å². The van der Waals surface area contributed by atoms with Crippen molar-refractivity contribution in [2.75, 3.05) is 6.61 Å². The smallest absolute Gasteiger partial charge is 0.0704 e. The minimum atomic E-state index is 0.476.